The summed E-state index contributed by atoms with van der Waals surface area (Å²) in [7, 11) is 1.55. The lowest BCUT2D eigenvalue weighted by molar-refractivity contribution is 0.0691. The van der Waals surface area contributed by atoms with Crippen LogP contribution in [0.25, 0.3) is 11.1 Å². The van der Waals surface area contributed by atoms with Gasteiger partial charge in [0.2, 0.25) is 0 Å². The molecule has 4 heteroatoms. The standard InChI is InChI=1S/C13H11NO3/c1-17-11-7-3-2-5-9(11)10-6-4-8-14-12(10)13(15)16/h2-8H,1H3,(H,15,16). The SMILES string of the molecule is COc1ccccc1-c1cccnc1C(=O)O. The Balaban J connectivity index is 2.64. The van der Waals surface area contributed by atoms with Crippen LogP contribution in [-0.4, -0.2) is 23.2 Å². The van der Waals surface area contributed by atoms with Gasteiger partial charge in [0.15, 0.2) is 5.69 Å². The molecule has 1 aromatic heterocycles. The first kappa shape index (κ1) is 11.1. The summed E-state index contributed by atoms with van der Waals surface area (Å²) in [4.78, 5) is 15.0. The van der Waals surface area contributed by atoms with Gasteiger partial charge in [0, 0.05) is 17.3 Å². The van der Waals surface area contributed by atoms with E-state index in [1.807, 2.05) is 18.2 Å². The molecule has 0 aliphatic heterocycles. The number of rotatable bonds is 3. The maximum absolute atomic E-state index is 11.1. The molecule has 17 heavy (non-hydrogen) atoms. The van der Waals surface area contributed by atoms with Gasteiger partial charge in [-0.1, -0.05) is 24.3 Å². The van der Waals surface area contributed by atoms with E-state index in [4.69, 9.17) is 9.84 Å². The predicted octanol–water partition coefficient (Wildman–Crippen LogP) is 2.46. The molecule has 0 amide bonds. The second kappa shape index (κ2) is 4.65. The van der Waals surface area contributed by atoms with Crippen LogP contribution in [0.3, 0.4) is 0 Å². The third kappa shape index (κ3) is 2.10. The fourth-order valence-electron chi connectivity index (χ4n) is 1.66. The zero-order valence-electron chi connectivity index (χ0n) is 9.25. The van der Waals surface area contributed by atoms with Crippen LogP contribution in [-0.2, 0) is 0 Å². The van der Waals surface area contributed by atoms with E-state index in [2.05, 4.69) is 4.98 Å². The van der Waals surface area contributed by atoms with E-state index < -0.39 is 5.97 Å². The summed E-state index contributed by atoms with van der Waals surface area (Å²) >= 11 is 0. The van der Waals surface area contributed by atoms with Gasteiger partial charge in [0.25, 0.3) is 0 Å². The monoisotopic (exact) mass is 229 g/mol. The van der Waals surface area contributed by atoms with Crippen LogP contribution in [0.4, 0.5) is 0 Å². The van der Waals surface area contributed by atoms with Crippen LogP contribution >= 0.6 is 0 Å². The highest BCUT2D eigenvalue weighted by Crippen LogP contribution is 2.31. The van der Waals surface area contributed by atoms with Crippen LogP contribution in [0, 0.1) is 0 Å². The number of pyridine rings is 1. The zero-order valence-corrected chi connectivity index (χ0v) is 9.25. The maximum Gasteiger partial charge on any atom is 0.355 e. The molecule has 86 valence electrons. The van der Waals surface area contributed by atoms with Gasteiger partial charge in [-0.05, 0) is 12.1 Å². The number of methoxy groups -OCH3 is 1. The summed E-state index contributed by atoms with van der Waals surface area (Å²) in [6.07, 6.45) is 1.46. The Morgan fingerprint density at radius 2 is 1.88 bits per heavy atom. The molecule has 0 bridgehead atoms. The molecule has 0 atom stereocenters. The van der Waals surface area contributed by atoms with Crippen LogP contribution < -0.4 is 4.74 Å². The van der Waals surface area contributed by atoms with Crippen molar-refractivity contribution in [1.82, 2.24) is 4.98 Å². The Bertz CT molecular complexity index is 552. The lowest BCUT2D eigenvalue weighted by atomic mass is 10.0. The molecule has 1 aromatic carbocycles. The molecule has 2 aromatic rings. The topological polar surface area (TPSA) is 59.4 Å². The zero-order chi connectivity index (χ0) is 12.3. The van der Waals surface area contributed by atoms with Crippen LogP contribution in [0.2, 0.25) is 0 Å². The number of aromatic carboxylic acids is 1. The van der Waals surface area contributed by atoms with Crippen molar-refractivity contribution in [3.63, 3.8) is 0 Å². The average Bonchev–Trinajstić information content (AvgIpc) is 2.38. The lowest BCUT2D eigenvalue weighted by Crippen LogP contribution is -2.03. The van der Waals surface area contributed by atoms with E-state index in [0.29, 0.717) is 11.3 Å². The predicted molar refractivity (Wildman–Crippen MR) is 63.2 cm³/mol. The number of para-hydroxylation sites is 1. The summed E-state index contributed by atoms with van der Waals surface area (Å²) in [5.41, 5.74) is 1.30. The Labute approximate surface area is 98.5 Å². The Hall–Kier alpha value is -2.36. The number of carboxylic acids is 1. The first-order valence-corrected chi connectivity index (χ1v) is 5.05. The second-order valence-corrected chi connectivity index (χ2v) is 3.41. The molecule has 0 saturated carbocycles. The molecule has 0 radical (unpaired) electrons. The fraction of sp³-hybridized carbons (Fsp3) is 0.0769. The molecular formula is C13H11NO3. The summed E-state index contributed by atoms with van der Waals surface area (Å²) in [6, 6.07) is 10.7. The molecule has 2 rings (SSSR count). The quantitative estimate of drug-likeness (QED) is 0.878. The molecule has 0 aliphatic rings. The average molecular weight is 229 g/mol. The Morgan fingerprint density at radius 1 is 1.18 bits per heavy atom. The molecule has 0 unspecified atom stereocenters. The molecule has 0 saturated heterocycles. The summed E-state index contributed by atoms with van der Waals surface area (Å²) in [6.45, 7) is 0. The number of ether oxygens (including phenoxy) is 1. The molecule has 0 fully saturated rings. The summed E-state index contributed by atoms with van der Waals surface area (Å²) < 4.78 is 5.21. The van der Waals surface area contributed by atoms with E-state index in [0.717, 1.165) is 5.56 Å². The van der Waals surface area contributed by atoms with Gasteiger partial charge in [0.1, 0.15) is 5.75 Å². The first-order valence-electron chi connectivity index (χ1n) is 5.05. The third-order valence-electron chi connectivity index (χ3n) is 2.41. The van der Waals surface area contributed by atoms with Crippen LogP contribution in [0.5, 0.6) is 5.75 Å². The van der Waals surface area contributed by atoms with E-state index in [-0.39, 0.29) is 5.69 Å². The highest BCUT2D eigenvalue weighted by Gasteiger charge is 2.15. The minimum absolute atomic E-state index is 0.0250. The number of carboxylic acid groups (broad SMARTS) is 1. The number of hydrogen-bond donors (Lipinski definition) is 1. The smallest absolute Gasteiger partial charge is 0.355 e. The number of benzene rings is 1. The van der Waals surface area contributed by atoms with Crippen molar-refractivity contribution in [2.75, 3.05) is 7.11 Å². The van der Waals surface area contributed by atoms with Gasteiger partial charge >= 0.3 is 5.97 Å². The normalized spacial score (nSPS) is 9.94. The Kier molecular flexibility index (Phi) is 3.05. The highest BCUT2D eigenvalue weighted by atomic mass is 16.5. The van der Waals surface area contributed by atoms with E-state index >= 15 is 0 Å². The molecular weight excluding hydrogens is 218 g/mol. The van der Waals surface area contributed by atoms with Crippen molar-refractivity contribution < 1.29 is 14.6 Å². The first-order chi connectivity index (χ1) is 8.24. The molecule has 1 heterocycles. The molecule has 4 nitrogen and oxygen atoms in total. The third-order valence-corrected chi connectivity index (χ3v) is 2.41. The van der Waals surface area contributed by atoms with Crippen molar-refractivity contribution in [3.05, 3.63) is 48.3 Å². The van der Waals surface area contributed by atoms with Crippen molar-refractivity contribution in [1.29, 1.82) is 0 Å². The maximum atomic E-state index is 11.1. The number of aromatic nitrogens is 1. The number of hydrogen-bond acceptors (Lipinski definition) is 3. The van der Waals surface area contributed by atoms with Gasteiger partial charge in [-0.3, -0.25) is 0 Å². The largest absolute Gasteiger partial charge is 0.496 e. The Morgan fingerprint density at radius 3 is 2.59 bits per heavy atom. The second-order valence-electron chi connectivity index (χ2n) is 3.41. The van der Waals surface area contributed by atoms with Crippen molar-refractivity contribution in [2.45, 2.75) is 0 Å². The van der Waals surface area contributed by atoms with Crippen LogP contribution in [0.1, 0.15) is 10.5 Å². The summed E-state index contributed by atoms with van der Waals surface area (Å²) in [5.74, 6) is -0.422. The van der Waals surface area contributed by atoms with Gasteiger partial charge in [-0.25, -0.2) is 9.78 Å². The van der Waals surface area contributed by atoms with Gasteiger partial charge in [0.05, 0.1) is 7.11 Å². The van der Waals surface area contributed by atoms with Gasteiger partial charge in [-0.15, -0.1) is 0 Å². The number of nitrogens with zero attached hydrogens (tertiary/aromatic N) is 1. The summed E-state index contributed by atoms with van der Waals surface area (Å²) in [5, 5.41) is 9.09. The molecule has 1 N–H and O–H groups in total. The van der Waals surface area contributed by atoms with Crippen molar-refractivity contribution >= 4 is 5.97 Å². The number of carbonyl (C=O) groups is 1. The minimum atomic E-state index is -1.05. The highest BCUT2D eigenvalue weighted by molar-refractivity contribution is 5.94. The molecule has 0 aliphatic carbocycles. The van der Waals surface area contributed by atoms with Gasteiger partial charge < -0.3 is 9.84 Å². The van der Waals surface area contributed by atoms with Crippen LogP contribution in [0.15, 0.2) is 42.6 Å². The molecule has 0 spiro atoms. The van der Waals surface area contributed by atoms with E-state index in [1.165, 1.54) is 6.20 Å². The lowest BCUT2D eigenvalue weighted by Gasteiger charge is -2.09. The van der Waals surface area contributed by atoms with E-state index in [1.54, 1.807) is 25.3 Å². The van der Waals surface area contributed by atoms with E-state index in [9.17, 15) is 4.79 Å². The van der Waals surface area contributed by atoms with Gasteiger partial charge in [-0.2, -0.15) is 0 Å². The fourth-order valence-corrected chi connectivity index (χ4v) is 1.66. The van der Waals surface area contributed by atoms with Crippen molar-refractivity contribution in [3.8, 4) is 16.9 Å². The van der Waals surface area contributed by atoms with Crippen molar-refractivity contribution in [2.24, 2.45) is 0 Å². The minimum Gasteiger partial charge on any atom is -0.496 e.